The summed E-state index contributed by atoms with van der Waals surface area (Å²) in [6.07, 6.45) is 0.377. The lowest BCUT2D eigenvalue weighted by Crippen LogP contribution is -2.27. The maximum Gasteiger partial charge on any atom is 0.323 e. The van der Waals surface area contributed by atoms with Crippen LogP contribution in [0.4, 0.5) is 5.69 Å². The Morgan fingerprint density at radius 3 is 2.71 bits per heavy atom. The number of fused-ring (bicyclic) bond motifs is 1. The fourth-order valence-electron chi connectivity index (χ4n) is 2.17. The molecular weight excluding hydrogens is 220 g/mol. The highest BCUT2D eigenvalue weighted by molar-refractivity contribution is 5.97. The quantitative estimate of drug-likeness (QED) is 0.641. The van der Waals surface area contributed by atoms with E-state index in [1.165, 1.54) is 0 Å². The summed E-state index contributed by atoms with van der Waals surface area (Å²) in [6, 6.07) is 5.26. The number of nitrogens with one attached hydrogen (secondary N) is 2. The Kier molecular flexibility index (Phi) is 2.05. The molecule has 2 aromatic rings. The number of H-pyrrole nitrogens is 2. The molecule has 1 aromatic carbocycles. The Labute approximate surface area is 96.4 Å². The highest BCUT2D eigenvalue weighted by atomic mass is 16.2. The number of anilines is 1. The number of carbonyl (C=O) groups is 1. The third-order valence-corrected chi connectivity index (χ3v) is 2.97. The van der Waals surface area contributed by atoms with E-state index in [-0.39, 0.29) is 17.6 Å². The molecule has 17 heavy (non-hydrogen) atoms. The van der Waals surface area contributed by atoms with Crippen LogP contribution in [-0.4, -0.2) is 28.5 Å². The first kappa shape index (κ1) is 10.1. The lowest BCUT2D eigenvalue weighted by molar-refractivity contribution is -0.117. The van der Waals surface area contributed by atoms with E-state index >= 15 is 0 Å². The molecule has 1 unspecified atom stereocenters. The van der Waals surface area contributed by atoms with E-state index in [1.54, 1.807) is 17.0 Å². The van der Waals surface area contributed by atoms with Crippen LogP contribution in [-0.2, 0) is 4.79 Å². The van der Waals surface area contributed by atoms with E-state index < -0.39 is 0 Å². The Morgan fingerprint density at radius 1 is 1.24 bits per heavy atom. The van der Waals surface area contributed by atoms with Gasteiger partial charge in [-0.25, -0.2) is 4.79 Å². The van der Waals surface area contributed by atoms with Crippen LogP contribution < -0.4 is 16.3 Å². The van der Waals surface area contributed by atoms with Crippen LogP contribution in [0.5, 0.6) is 0 Å². The van der Waals surface area contributed by atoms with Gasteiger partial charge in [-0.3, -0.25) is 4.79 Å². The SMILES string of the molecule is NC1CC(=O)N(c2ccc3[nH]c(=O)[nH]c3c2)C1. The van der Waals surface area contributed by atoms with Crippen LogP contribution in [0.2, 0.25) is 0 Å². The van der Waals surface area contributed by atoms with Gasteiger partial charge in [0.2, 0.25) is 5.91 Å². The second-order valence-electron chi connectivity index (χ2n) is 4.28. The molecular formula is C11H12N4O2. The normalized spacial score (nSPS) is 20.4. The molecule has 1 saturated heterocycles. The third-order valence-electron chi connectivity index (χ3n) is 2.97. The summed E-state index contributed by atoms with van der Waals surface area (Å²) in [5.41, 5.74) is 7.69. The molecule has 0 spiro atoms. The van der Waals surface area contributed by atoms with Gasteiger partial charge in [0.05, 0.1) is 11.0 Å². The van der Waals surface area contributed by atoms with Gasteiger partial charge in [0.1, 0.15) is 0 Å². The van der Waals surface area contributed by atoms with E-state index in [2.05, 4.69) is 9.97 Å². The van der Waals surface area contributed by atoms with Gasteiger partial charge in [-0.05, 0) is 18.2 Å². The van der Waals surface area contributed by atoms with Crippen molar-refractivity contribution in [1.82, 2.24) is 9.97 Å². The first-order chi connectivity index (χ1) is 8.13. The van der Waals surface area contributed by atoms with Crippen LogP contribution in [0.3, 0.4) is 0 Å². The Balaban J connectivity index is 2.06. The van der Waals surface area contributed by atoms with Crippen molar-refractivity contribution in [2.45, 2.75) is 12.5 Å². The first-order valence-corrected chi connectivity index (χ1v) is 5.41. The third kappa shape index (κ3) is 1.62. The van der Waals surface area contributed by atoms with Crippen LogP contribution in [0.25, 0.3) is 11.0 Å². The van der Waals surface area contributed by atoms with Crippen molar-refractivity contribution >= 4 is 22.6 Å². The highest BCUT2D eigenvalue weighted by Crippen LogP contribution is 2.23. The fourth-order valence-corrected chi connectivity index (χ4v) is 2.17. The average Bonchev–Trinajstić information content (AvgIpc) is 2.78. The van der Waals surface area contributed by atoms with Crippen molar-refractivity contribution in [3.63, 3.8) is 0 Å². The molecule has 88 valence electrons. The number of benzene rings is 1. The molecule has 6 heteroatoms. The molecule has 3 rings (SSSR count). The van der Waals surface area contributed by atoms with Crippen molar-refractivity contribution in [3.8, 4) is 0 Å². The number of hydrogen-bond acceptors (Lipinski definition) is 3. The lowest BCUT2D eigenvalue weighted by atomic mass is 10.2. The van der Waals surface area contributed by atoms with E-state index in [0.29, 0.717) is 18.5 Å². The van der Waals surface area contributed by atoms with Crippen LogP contribution in [0.1, 0.15) is 6.42 Å². The lowest BCUT2D eigenvalue weighted by Gasteiger charge is -2.15. The number of hydrogen-bond donors (Lipinski definition) is 3. The van der Waals surface area contributed by atoms with E-state index in [0.717, 1.165) is 11.2 Å². The second-order valence-corrected chi connectivity index (χ2v) is 4.28. The maximum atomic E-state index is 11.7. The second kappa shape index (κ2) is 3.46. The zero-order valence-corrected chi connectivity index (χ0v) is 9.06. The molecule has 1 aliphatic heterocycles. The number of aromatic nitrogens is 2. The van der Waals surface area contributed by atoms with Gasteiger partial charge in [0.25, 0.3) is 0 Å². The number of carbonyl (C=O) groups excluding carboxylic acids is 1. The van der Waals surface area contributed by atoms with E-state index in [1.807, 2.05) is 6.07 Å². The number of nitrogens with zero attached hydrogens (tertiary/aromatic N) is 1. The van der Waals surface area contributed by atoms with Crippen molar-refractivity contribution in [1.29, 1.82) is 0 Å². The first-order valence-electron chi connectivity index (χ1n) is 5.41. The minimum absolute atomic E-state index is 0.0229. The molecule has 6 nitrogen and oxygen atoms in total. The summed E-state index contributed by atoms with van der Waals surface area (Å²) < 4.78 is 0. The van der Waals surface area contributed by atoms with Gasteiger partial charge in [-0.15, -0.1) is 0 Å². The van der Waals surface area contributed by atoms with Crippen LogP contribution >= 0.6 is 0 Å². The maximum absolute atomic E-state index is 11.7. The van der Waals surface area contributed by atoms with Crippen LogP contribution in [0.15, 0.2) is 23.0 Å². The van der Waals surface area contributed by atoms with Crippen molar-refractivity contribution in [2.24, 2.45) is 5.73 Å². The smallest absolute Gasteiger partial charge is 0.323 e. The number of nitrogens with two attached hydrogens (primary N) is 1. The molecule has 0 saturated carbocycles. The molecule has 1 fully saturated rings. The summed E-state index contributed by atoms with van der Waals surface area (Å²) in [5.74, 6) is 0.0229. The number of aromatic amines is 2. The number of amides is 1. The zero-order valence-electron chi connectivity index (χ0n) is 9.06. The topological polar surface area (TPSA) is 95.0 Å². The predicted octanol–water partition coefficient (Wildman–Crippen LogP) is -0.0798. The minimum atomic E-state index is -0.249. The molecule has 1 aromatic heterocycles. The molecule has 0 aliphatic carbocycles. The van der Waals surface area contributed by atoms with Gasteiger partial charge in [-0.2, -0.15) is 0 Å². The highest BCUT2D eigenvalue weighted by Gasteiger charge is 2.28. The Morgan fingerprint density at radius 2 is 2.00 bits per heavy atom. The molecule has 1 aliphatic rings. The van der Waals surface area contributed by atoms with Gasteiger partial charge < -0.3 is 20.6 Å². The molecule has 2 heterocycles. The summed E-state index contributed by atoms with van der Waals surface area (Å²) in [5, 5.41) is 0. The number of rotatable bonds is 1. The largest absolute Gasteiger partial charge is 0.326 e. The number of imidazole rings is 1. The summed E-state index contributed by atoms with van der Waals surface area (Å²) in [4.78, 5) is 29.8. The van der Waals surface area contributed by atoms with Gasteiger partial charge in [0, 0.05) is 24.7 Å². The predicted molar refractivity (Wildman–Crippen MR) is 63.9 cm³/mol. The minimum Gasteiger partial charge on any atom is -0.326 e. The van der Waals surface area contributed by atoms with Crippen molar-refractivity contribution in [2.75, 3.05) is 11.4 Å². The molecule has 0 radical (unpaired) electrons. The summed E-state index contributed by atoms with van der Waals surface area (Å²) in [6.45, 7) is 0.527. The molecule has 1 atom stereocenters. The van der Waals surface area contributed by atoms with Crippen molar-refractivity contribution < 1.29 is 4.79 Å². The fraction of sp³-hybridized carbons (Fsp3) is 0.273. The Bertz CT molecular complexity index is 642. The molecule has 4 N–H and O–H groups in total. The van der Waals surface area contributed by atoms with Gasteiger partial charge in [0.15, 0.2) is 0 Å². The average molecular weight is 232 g/mol. The summed E-state index contributed by atoms with van der Waals surface area (Å²) >= 11 is 0. The monoisotopic (exact) mass is 232 g/mol. The van der Waals surface area contributed by atoms with Gasteiger partial charge in [-0.1, -0.05) is 0 Å². The van der Waals surface area contributed by atoms with Gasteiger partial charge >= 0.3 is 5.69 Å². The standard InChI is InChI=1S/C11H12N4O2/c12-6-3-10(16)15(5-6)7-1-2-8-9(4-7)14-11(17)13-8/h1-2,4,6H,3,5,12H2,(H2,13,14,17). The van der Waals surface area contributed by atoms with Crippen molar-refractivity contribution in [3.05, 3.63) is 28.7 Å². The zero-order chi connectivity index (χ0) is 12.0. The van der Waals surface area contributed by atoms with E-state index in [9.17, 15) is 9.59 Å². The summed E-state index contributed by atoms with van der Waals surface area (Å²) in [7, 11) is 0. The van der Waals surface area contributed by atoms with E-state index in [4.69, 9.17) is 5.73 Å². The Hall–Kier alpha value is -2.08. The molecule has 0 bridgehead atoms. The van der Waals surface area contributed by atoms with Crippen LogP contribution in [0, 0.1) is 0 Å². The molecule has 1 amide bonds.